The minimum Gasteiger partial charge on any atom is -0.310 e. The van der Waals surface area contributed by atoms with Gasteiger partial charge in [-0.25, -0.2) is 0 Å². The molecule has 0 aromatic heterocycles. The number of benzene rings is 1. The highest BCUT2D eigenvalue weighted by Gasteiger charge is 2.16. The van der Waals surface area contributed by atoms with E-state index in [1.807, 2.05) is 12.1 Å². The zero-order chi connectivity index (χ0) is 13.0. The highest BCUT2D eigenvalue weighted by molar-refractivity contribution is 6.30. The van der Waals surface area contributed by atoms with E-state index in [1.54, 1.807) is 6.92 Å². The van der Waals surface area contributed by atoms with Crippen molar-refractivity contribution in [3.63, 3.8) is 0 Å². The molecule has 1 aliphatic heterocycles. The molecule has 96 valence electrons. The van der Waals surface area contributed by atoms with Crippen LogP contribution in [-0.2, 0) is 4.79 Å². The molecule has 1 aliphatic rings. The molecular formula is C15H18ClNO. The molecule has 0 bridgehead atoms. The molecule has 1 atom stereocenters. The van der Waals surface area contributed by atoms with E-state index in [-0.39, 0.29) is 5.78 Å². The molecule has 0 amide bonds. The van der Waals surface area contributed by atoms with Gasteiger partial charge < -0.3 is 10.1 Å². The Balaban J connectivity index is 2.00. The van der Waals surface area contributed by atoms with Crippen LogP contribution in [0.15, 0.2) is 30.3 Å². The first kappa shape index (κ1) is 13.3. The third kappa shape index (κ3) is 3.69. The van der Waals surface area contributed by atoms with E-state index in [9.17, 15) is 4.79 Å². The first-order chi connectivity index (χ1) is 8.65. The van der Waals surface area contributed by atoms with Crippen molar-refractivity contribution >= 4 is 23.0 Å². The number of carbonyl (C=O) groups is 1. The number of halogens is 1. The van der Waals surface area contributed by atoms with Crippen LogP contribution in [0.3, 0.4) is 0 Å². The summed E-state index contributed by atoms with van der Waals surface area (Å²) in [4.78, 5) is 11.0. The molecule has 1 aromatic carbocycles. The quantitative estimate of drug-likeness (QED) is 0.901. The van der Waals surface area contributed by atoms with Crippen LogP contribution in [0.5, 0.6) is 0 Å². The summed E-state index contributed by atoms with van der Waals surface area (Å²) in [5, 5.41) is 4.20. The lowest BCUT2D eigenvalue weighted by molar-refractivity contribution is -0.117. The average molecular weight is 264 g/mol. The van der Waals surface area contributed by atoms with Gasteiger partial charge in [0, 0.05) is 24.0 Å². The van der Waals surface area contributed by atoms with Crippen molar-refractivity contribution in [1.82, 2.24) is 5.32 Å². The summed E-state index contributed by atoms with van der Waals surface area (Å²) < 4.78 is 0. The molecule has 0 spiro atoms. The van der Waals surface area contributed by atoms with Gasteiger partial charge in [-0.1, -0.05) is 29.8 Å². The lowest BCUT2D eigenvalue weighted by Gasteiger charge is -2.24. The van der Waals surface area contributed by atoms with Crippen LogP contribution in [0.2, 0.25) is 5.02 Å². The second-order valence-corrected chi connectivity index (χ2v) is 5.22. The largest absolute Gasteiger partial charge is 0.310 e. The predicted molar refractivity (Wildman–Crippen MR) is 75.8 cm³/mol. The van der Waals surface area contributed by atoms with Crippen LogP contribution in [0.25, 0.3) is 5.57 Å². The number of Topliss-reactive ketones (excluding diaryl/α,β-unsaturated/α-hetero) is 1. The van der Waals surface area contributed by atoms with E-state index in [0.717, 1.165) is 24.4 Å². The normalized spacial score (nSPS) is 19.4. The highest BCUT2D eigenvalue weighted by Crippen LogP contribution is 2.25. The summed E-state index contributed by atoms with van der Waals surface area (Å²) in [5.41, 5.74) is 2.58. The molecule has 1 heterocycles. The van der Waals surface area contributed by atoms with Gasteiger partial charge in [-0.15, -0.1) is 0 Å². The topological polar surface area (TPSA) is 29.1 Å². The Morgan fingerprint density at radius 1 is 1.39 bits per heavy atom. The summed E-state index contributed by atoms with van der Waals surface area (Å²) in [6.07, 6.45) is 4.77. The Hall–Kier alpha value is -1.12. The second-order valence-electron chi connectivity index (χ2n) is 4.79. The van der Waals surface area contributed by atoms with Crippen LogP contribution in [-0.4, -0.2) is 18.4 Å². The minimum atomic E-state index is 0.263. The van der Waals surface area contributed by atoms with E-state index in [2.05, 4.69) is 23.5 Å². The second kappa shape index (κ2) is 6.17. The maximum atomic E-state index is 11.0. The zero-order valence-electron chi connectivity index (χ0n) is 10.6. The van der Waals surface area contributed by atoms with Gasteiger partial charge in [-0.05, 0) is 43.0 Å². The van der Waals surface area contributed by atoms with E-state index < -0.39 is 0 Å². The van der Waals surface area contributed by atoms with Gasteiger partial charge in [0.2, 0.25) is 0 Å². The van der Waals surface area contributed by atoms with Crippen molar-refractivity contribution < 1.29 is 4.79 Å². The molecule has 0 fully saturated rings. The van der Waals surface area contributed by atoms with Crippen LogP contribution < -0.4 is 5.32 Å². The molecule has 2 nitrogen and oxygen atoms in total. The van der Waals surface area contributed by atoms with Crippen molar-refractivity contribution in [3.05, 3.63) is 40.9 Å². The number of nitrogens with one attached hydrogen (secondary N) is 1. The van der Waals surface area contributed by atoms with Crippen LogP contribution in [0, 0.1) is 0 Å². The standard InChI is InChI=1S/C15H18ClNO/c1-11(18)2-7-15-10-13(8-9-17-15)12-3-5-14(16)6-4-12/h3-6,8,15,17H,2,7,9-10H2,1H3. The van der Waals surface area contributed by atoms with Crippen molar-refractivity contribution in [2.75, 3.05) is 6.54 Å². The minimum absolute atomic E-state index is 0.263. The maximum absolute atomic E-state index is 11.0. The number of hydrogen-bond donors (Lipinski definition) is 1. The van der Waals surface area contributed by atoms with Crippen molar-refractivity contribution in [3.8, 4) is 0 Å². The van der Waals surface area contributed by atoms with Gasteiger partial charge in [0.15, 0.2) is 0 Å². The molecular weight excluding hydrogens is 246 g/mol. The van der Waals surface area contributed by atoms with Gasteiger partial charge in [-0.3, -0.25) is 0 Å². The number of carbonyl (C=O) groups excluding carboxylic acids is 1. The Morgan fingerprint density at radius 2 is 2.11 bits per heavy atom. The fraction of sp³-hybridized carbons (Fsp3) is 0.400. The monoisotopic (exact) mass is 263 g/mol. The van der Waals surface area contributed by atoms with Crippen molar-refractivity contribution in [2.24, 2.45) is 0 Å². The van der Waals surface area contributed by atoms with Gasteiger partial charge in [0.05, 0.1) is 0 Å². The van der Waals surface area contributed by atoms with Gasteiger partial charge in [-0.2, -0.15) is 0 Å². The van der Waals surface area contributed by atoms with E-state index in [1.165, 1.54) is 11.1 Å². The zero-order valence-corrected chi connectivity index (χ0v) is 11.3. The SMILES string of the molecule is CC(=O)CCC1CC(c2ccc(Cl)cc2)=CCN1. The molecule has 0 saturated carbocycles. The Bertz CT molecular complexity index is 450. The molecule has 1 unspecified atom stereocenters. The van der Waals surface area contributed by atoms with Gasteiger partial charge in [0.25, 0.3) is 0 Å². The Labute approximate surface area is 113 Å². The molecule has 0 radical (unpaired) electrons. The first-order valence-corrected chi connectivity index (χ1v) is 6.71. The molecule has 0 saturated heterocycles. The number of hydrogen-bond acceptors (Lipinski definition) is 2. The van der Waals surface area contributed by atoms with Gasteiger partial charge >= 0.3 is 0 Å². The summed E-state index contributed by atoms with van der Waals surface area (Å²) in [5.74, 6) is 0.263. The lowest BCUT2D eigenvalue weighted by Crippen LogP contribution is -2.33. The number of ketones is 1. The summed E-state index contributed by atoms with van der Waals surface area (Å²) >= 11 is 5.89. The summed E-state index contributed by atoms with van der Waals surface area (Å²) in [7, 11) is 0. The van der Waals surface area contributed by atoms with Crippen LogP contribution in [0.4, 0.5) is 0 Å². The average Bonchev–Trinajstić information content (AvgIpc) is 2.37. The van der Waals surface area contributed by atoms with Crippen LogP contribution in [0.1, 0.15) is 31.7 Å². The third-order valence-corrected chi connectivity index (χ3v) is 3.53. The molecule has 2 rings (SSSR count). The van der Waals surface area contributed by atoms with Crippen molar-refractivity contribution in [1.29, 1.82) is 0 Å². The van der Waals surface area contributed by atoms with Gasteiger partial charge in [0.1, 0.15) is 5.78 Å². The van der Waals surface area contributed by atoms with Crippen molar-refractivity contribution in [2.45, 2.75) is 32.2 Å². The molecule has 1 aromatic rings. The first-order valence-electron chi connectivity index (χ1n) is 6.33. The summed E-state index contributed by atoms with van der Waals surface area (Å²) in [6, 6.07) is 8.36. The number of rotatable bonds is 4. The van der Waals surface area contributed by atoms with E-state index >= 15 is 0 Å². The highest BCUT2D eigenvalue weighted by atomic mass is 35.5. The summed E-state index contributed by atoms with van der Waals surface area (Å²) in [6.45, 7) is 2.53. The Morgan fingerprint density at radius 3 is 2.78 bits per heavy atom. The third-order valence-electron chi connectivity index (χ3n) is 3.28. The Kier molecular flexibility index (Phi) is 4.56. The van der Waals surface area contributed by atoms with E-state index in [4.69, 9.17) is 11.6 Å². The molecule has 0 aliphatic carbocycles. The van der Waals surface area contributed by atoms with E-state index in [0.29, 0.717) is 12.5 Å². The van der Waals surface area contributed by atoms with Crippen LogP contribution >= 0.6 is 11.6 Å². The molecule has 1 N–H and O–H groups in total. The predicted octanol–water partition coefficient (Wildman–Crippen LogP) is 3.45. The molecule has 18 heavy (non-hydrogen) atoms. The maximum Gasteiger partial charge on any atom is 0.129 e. The smallest absolute Gasteiger partial charge is 0.129 e. The fourth-order valence-corrected chi connectivity index (χ4v) is 2.38. The lowest BCUT2D eigenvalue weighted by atomic mass is 9.93. The molecule has 3 heteroatoms. The fourth-order valence-electron chi connectivity index (χ4n) is 2.25.